The molecule has 0 amide bonds. The van der Waals surface area contributed by atoms with Crippen LogP contribution in [0.5, 0.6) is 0 Å². The van der Waals surface area contributed by atoms with E-state index in [0.717, 1.165) is 33.0 Å². The first-order valence-corrected chi connectivity index (χ1v) is 8.42. The molecular weight excluding hydrogens is 310 g/mol. The number of aliphatic hydroxyl groups is 1. The number of nitrogens with zero attached hydrogens (tertiary/aromatic N) is 1. The van der Waals surface area contributed by atoms with Crippen molar-refractivity contribution >= 4 is 22.6 Å². The van der Waals surface area contributed by atoms with Crippen molar-refractivity contribution in [1.29, 1.82) is 0 Å². The van der Waals surface area contributed by atoms with Gasteiger partial charge in [-0.25, -0.2) is 4.57 Å². The zero-order valence-electron chi connectivity index (χ0n) is 14.4. The fraction of sp³-hybridized carbons (Fsp3) is 0.182. The Morgan fingerprint density at radius 2 is 1.68 bits per heavy atom. The summed E-state index contributed by atoms with van der Waals surface area (Å²) >= 11 is 0. The molecule has 0 atom stereocenters. The summed E-state index contributed by atoms with van der Waals surface area (Å²) in [5, 5.41) is 12.2. The van der Waals surface area contributed by atoms with Gasteiger partial charge in [0.25, 0.3) is 0 Å². The lowest BCUT2D eigenvalue weighted by Gasteiger charge is -2.17. The van der Waals surface area contributed by atoms with E-state index in [4.69, 9.17) is 0 Å². The normalized spacial score (nSPS) is 13.9. The van der Waals surface area contributed by atoms with Crippen LogP contribution in [-0.2, 0) is 12.1 Å². The molecule has 2 aromatic carbocycles. The quantitative estimate of drug-likeness (QED) is 0.745. The van der Waals surface area contributed by atoms with E-state index in [0.29, 0.717) is 6.54 Å². The van der Waals surface area contributed by atoms with E-state index in [2.05, 4.69) is 6.07 Å². The molecule has 0 fully saturated rings. The minimum Gasteiger partial charge on any atom is -0.386 e. The third-order valence-corrected chi connectivity index (χ3v) is 4.75. The Bertz CT molecular complexity index is 1000. The van der Waals surface area contributed by atoms with Crippen LogP contribution in [0.1, 0.15) is 35.3 Å². The van der Waals surface area contributed by atoms with Crippen molar-refractivity contribution in [3.63, 3.8) is 0 Å². The Kier molecular flexibility index (Phi) is 3.55. The SMILES string of the molecule is CC(C)(O)c1cc[n+](CC2=Cc3cccc4cccc(c34)C2=O)cc1. The number of hydrogen-bond acceptors (Lipinski definition) is 2. The largest absolute Gasteiger partial charge is 0.386 e. The van der Waals surface area contributed by atoms with Crippen LogP contribution in [0.3, 0.4) is 0 Å². The maximum absolute atomic E-state index is 12.9. The average molecular weight is 330 g/mol. The molecule has 0 spiro atoms. The monoisotopic (exact) mass is 330 g/mol. The van der Waals surface area contributed by atoms with Gasteiger partial charge in [-0.05, 0) is 36.4 Å². The lowest BCUT2D eigenvalue weighted by Crippen LogP contribution is -2.36. The summed E-state index contributed by atoms with van der Waals surface area (Å²) in [6.07, 6.45) is 5.81. The van der Waals surface area contributed by atoms with E-state index < -0.39 is 5.60 Å². The van der Waals surface area contributed by atoms with Gasteiger partial charge in [-0.15, -0.1) is 0 Å². The summed E-state index contributed by atoms with van der Waals surface area (Å²) in [6.45, 7) is 4.03. The van der Waals surface area contributed by atoms with Crippen LogP contribution in [0.25, 0.3) is 16.8 Å². The van der Waals surface area contributed by atoms with Crippen LogP contribution >= 0.6 is 0 Å². The smallest absolute Gasteiger partial charge is 0.196 e. The Morgan fingerprint density at radius 3 is 2.36 bits per heavy atom. The van der Waals surface area contributed by atoms with Gasteiger partial charge in [0.05, 0.1) is 11.2 Å². The van der Waals surface area contributed by atoms with Crippen molar-refractivity contribution in [2.45, 2.75) is 26.0 Å². The highest BCUT2D eigenvalue weighted by Gasteiger charge is 2.24. The molecule has 1 aliphatic carbocycles. The number of carbonyl (C=O) groups excluding carboxylic acids is 1. The maximum atomic E-state index is 12.9. The predicted molar refractivity (Wildman–Crippen MR) is 98.1 cm³/mol. The second-order valence-electron chi connectivity index (χ2n) is 7.07. The van der Waals surface area contributed by atoms with E-state index in [1.54, 1.807) is 13.8 Å². The van der Waals surface area contributed by atoms with Crippen LogP contribution < -0.4 is 4.57 Å². The topological polar surface area (TPSA) is 41.2 Å². The van der Waals surface area contributed by atoms with Crippen LogP contribution in [0.2, 0.25) is 0 Å². The van der Waals surface area contributed by atoms with Gasteiger partial charge in [-0.1, -0.05) is 36.4 Å². The molecule has 0 aliphatic heterocycles. The molecule has 0 radical (unpaired) electrons. The van der Waals surface area contributed by atoms with Crippen molar-refractivity contribution in [3.05, 3.63) is 83.2 Å². The Balaban J connectivity index is 1.71. The number of aromatic nitrogens is 1. The number of carbonyl (C=O) groups is 1. The van der Waals surface area contributed by atoms with E-state index in [1.165, 1.54) is 0 Å². The zero-order valence-corrected chi connectivity index (χ0v) is 14.4. The molecule has 0 saturated heterocycles. The Hall–Kier alpha value is -2.78. The lowest BCUT2D eigenvalue weighted by molar-refractivity contribution is -0.688. The van der Waals surface area contributed by atoms with Crippen molar-refractivity contribution in [2.24, 2.45) is 0 Å². The first-order valence-electron chi connectivity index (χ1n) is 8.42. The van der Waals surface area contributed by atoms with Crippen molar-refractivity contribution in [1.82, 2.24) is 0 Å². The molecule has 25 heavy (non-hydrogen) atoms. The van der Waals surface area contributed by atoms with Gasteiger partial charge in [0.2, 0.25) is 0 Å². The molecule has 1 heterocycles. The second-order valence-corrected chi connectivity index (χ2v) is 7.07. The molecule has 3 heteroatoms. The van der Waals surface area contributed by atoms with E-state index >= 15 is 0 Å². The van der Waals surface area contributed by atoms with Gasteiger partial charge in [0.1, 0.15) is 0 Å². The number of Topliss-reactive ketones (excluding diaryl/α,β-unsaturated/α-hetero) is 1. The van der Waals surface area contributed by atoms with E-state index in [1.807, 2.05) is 65.5 Å². The molecule has 4 rings (SSSR count). The maximum Gasteiger partial charge on any atom is 0.196 e. The summed E-state index contributed by atoms with van der Waals surface area (Å²) in [6, 6.07) is 15.8. The van der Waals surface area contributed by atoms with Gasteiger partial charge < -0.3 is 5.11 Å². The van der Waals surface area contributed by atoms with Gasteiger partial charge in [0.15, 0.2) is 24.7 Å². The van der Waals surface area contributed by atoms with E-state index in [-0.39, 0.29) is 5.78 Å². The van der Waals surface area contributed by atoms with Crippen molar-refractivity contribution in [2.75, 3.05) is 0 Å². The predicted octanol–water partition coefficient (Wildman–Crippen LogP) is 3.63. The molecule has 3 nitrogen and oxygen atoms in total. The molecule has 1 N–H and O–H groups in total. The molecule has 124 valence electrons. The summed E-state index contributed by atoms with van der Waals surface area (Å²) in [4.78, 5) is 12.9. The van der Waals surface area contributed by atoms with Crippen molar-refractivity contribution < 1.29 is 14.5 Å². The Morgan fingerprint density at radius 1 is 1.00 bits per heavy atom. The number of rotatable bonds is 3. The molecule has 1 aliphatic rings. The zero-order chi connectivity index (χ0) is 17.6. The highest BCUT2D eigenvalue weighted by Crippen LogP contribution is 2.31. The minimum atomic E-state index is -0.867. The minimum absolute atomic E-state index is 0.0864. The molecule has 0 saturated carbocycles. The van der Waals surface area contributed by atoms with Gasteiger partial charge >= 0.3 is 0 Å². The summed E-state index contributed by atoms with van der Waals surface area (Å²) in [5.74, 6) is 0.0864. The fourth-order valence-corrected chi connectivity index (χ4v) is 3.39. The Labute approximate surface area is 146 Å². The van der Waals surface area contributed by atoms with Crippen LogP contribution in [0.4, 0.5) is 0 Å². The molecule has 3 aromatic rings. The van der Waals surface area contributed by atoms with Crippen LogP contribution in [0.15, 0.2) is 66.5 Å². The summed E-state index contributed by atoms with van der Waals surface area (Å²) in [7, 11) is 0. The summed E-state index contributed by atoms with van der Waals surface area (Å²) in [5.41, 5.74) is 2.62. The van der Waals surface area contributed by atoms with Crippen LogP contribution in [0, 0.1) is 0 Å². The fourth-order valence-electron chi connectivity index (χ4n) is 3.39. The molecule has 0 unspecified atom stereocenters. The highest BCUT2D eigenvalue weighted by molar-refractivity contribution is 6.22. The van der Waals surface area contributed by atoms with Gasteiger partial charge in [-0.3, -0.25) is 4.79 Å². The van der Waals surface area contributed by atoms with E-state index in [9.17, 15) is 9.90 Å². The molecular formula is C22H20NO2+. The average Bonchev–Trinajstić information content (AvgIpc) is 2.59. The van der Waals surface area contributed by atoms with Gasteiger partial charge in [0, 0.05) is 23.1 Å². The number of benzene rings is 2. The number of hydrogen-bond donors (Lipinski definition) is 1. The number of ketones is 1. The first-order chi connectivity index (χ1) is 11.9. The highest BCUT2D eigenvalue weighted by atomic mass is 16.3. The third-order valence-electron chi connectivity index (χ3n) is 4.75. The second kappa shape index (κ2) is 5.64. The number of allylic oxidation sites excluding steroid dienone is 1. The lowest BCUT2D eigenvalue weighted by atomic mass is 9.88. The summed E-state index contributed by atoms with van der Waals surface area (Å²) < 4.78 is 1.97. The third kappa shape index (κ3) is 2.77. The molecule has 1 aromatic heterocycles. The van der Waals surface area contributed by atoms with Crippen molar-refractivity contribution in [3.8, 4) is 0 Å². The van der Waals surface area contributed by atoms with Gasteiger partial charge in [-0.2, -0.15) is 0 Å². The number of pyridine rings is 1. The standard InChI is InChI=1S/C22H20NO2/c1-22(2,25)18-9-11-23(12-10-18)14-17-13-16-7-3-5-15-6-4-8-19(20(15)16)21(17)24/h3-13,25H,14H2,1-2H3/q+1. The first kappa shape index (κ1) is 15.7. The van der Waals surface area contributed by atoms with Crippen LogP contribution in [-0.4, -0.2) is 10.9 Å². The molecule has 0 bridgehead atoms.